The molecule has 1 aromatic carbocycles. The van der Waals surface area contributed by atoms with Gasteiger partial charge in [0.15, 0.2) is 0 Å². The average Bonchev–Trinajstić information content (AvgIpc) is 2.25. The molecule has 1 heterocycles. The summed E-state index contributed by atoms with van der Waals surface area (Å²) in [6.45, 7) is 2.00. The molecule has 0 unspecified atom stereocenters. The molecule has 0 bridgehead atoms. The zero-order chi connectivity index (χ0) is 11.5. The Hall–Kier alpha value is -1.74. The summed E-state index contributed by atoms with van der Waals surface area (Å²) >= 11 is 6.10. The van der Waals surface area contributed by atoms with Gasteiger partial charge in [0.2, 0.25) is 0 Å². The molecule has 0 aliphatic carbocycles. The van der Waals surface area contributed by atoms with Crippen LogP contribution in [0.15, 0.2) is 36.5 Å². The Kier molecular flexibility index (Phi) is 2.97. The Morgan fingerprint density at radius 3 is 2.69 bits per heavy atom. The van der Waals surface area contributed by atoms with Gasteiger partial charge in [-0.1, -0.05) is 17.7 Å². The zero-order valence-electron chi connectivity index (χ0n) is 8.87. The smallest absolute Gasteiger partial charge is 0.130 e. The molecular formula is C12H12ClN3. The van der Waals surface area contributed by atoms with Crippen LogP contribution in [0.25, 0.3) is 0 Å². The van der Waals surface area contributed by atoms with Gasteiger partial charge in [-0.05, 0) is 36.8 Å². The van der Waals surface area contributed by atoms with E-state index in [1.165, 1.54) is 0 Å². The topological polar surface area (TPSA) is 50.9 Å². The molecule has 0 aliphatic heterocycles. The molecule has 4 heteroatoms. The standard InChI is InChI=1S/C12H12ClN3/c1-8-2-4-11(10(13)6-8)16-12-5-3-9(14)7-15-12/h2-7H,14H2,1H3,(H,15,16). The van der Waals surface area contributed by atoms with E-state index in [-0.39, 0.29) is 0 Å². The Morgan fingerprint density at radius 2 is 2.06 bits per heavy atom. The quantitative estimate of drug-likeness (QED) is 0.836. The molecular weight excluding hydrogens is 222 g/mol. The number of aryl methyl sites for hydroxylation is 1. The number of anilines is 3. The van der Waals surface area contributed by atoms with Crippen LogP contribution in [0.2, 0.25) is 5.02 Å². The van der Waals surface area contributed by atoms with Gasteiger partial charge in [0.05, 0.1) is 22.6 Å². The Balaban J connectivity index is 2.23. The lowest BCUT2D eigenvalue weighted by atomic mass is 10.2. The highest BCUT2D eigenvalue weighted by Gasteiger charge is 2.01. The Morgan fingerprint density at radius 1 is 1.25 bits per heavy atom. The number of halogens is 1. The van der Waals surface area contributed by atoms with E-state index in [1.54, 1.807) is 12.3 Å². The van der Waals surface area contributed by atoms with Crippen LogP contribution in [0, 0.1) is 6.92 Å². The summed E-state index contributed by atoms with van der Waals surface area (Å²) in [5.41, 5.74) is 8.16. The van der Waals surface area contributed by atoms with Gasteiger partial charge in [-0.15, -0.1) is 0 Å². The van der Waals surface area contributed by atoms with E-state index < -0.39 is 0 Å². The van der Waals surface area contributed by atoms with Gasteiger partial charge in [-0.2, -0.15) is 0 Å². The first kappa shape index (κ1) is 10.8. The van der Waals surface area contributed by atoms with E-state index in [9.17, 15) is 0 Å². The van der Waals surface area contributed by atoms with Crippen LogP contribution < -0.4 is 11.1 Å². The maximum absolute atomic E-state index is 6.10. The summed E-state index contributed by atoms with van der Waals surface area (Å²) in [4.78, 5) is 4.14. The summed E-state index contributed by atoms with van der Waals surface area (Å²) in [5, 5.41) is 3.81. The SMILES string of the molecule is Cc1ccc(Nc2ccc(N)cn2)c(Cl)c1. The number of hydrogen-bond donors (Lipinski definition) is 2. The van der Waals surface area contributed by atoms with Crippen LogP contribution in [0.3, 0.4) is 0 Å². The van der Waals surface area contributed by atoms with Crippen molar-refractivity contribution in [2.75, 3.05) is 11.1 Å². The number of hydrogen-bond acceptors (Lipinski definition) is 3. The predicted octanol–water partition coefficient (Wildman–Crippen LogP) is 3.37. The third-order valence-corrected chi connectivity index (χ3v) is 2.49. The normalized spacial score (nSPS) is 10.1. The van der Waals surface area contributed by atoms with Gasteiger partial charge in [0.25, 0.3) is 0 Å². The lowest BCUT2D eigenvalue weighted by molar-refractivity contribution is 1.31. The summed E-state index contributed by atoms with van der Waals surface area (Å²) < 4.78 is 0. The molecule has 82 valence electrons. The molecule has 0 radical (unpaired) electrons. The molecule has 16 heavy (non-hydrogen) atoms. The van der Waals surface area contributed by atoms with Crippen molar-refractivity contribution in [3.63, 3.8) is 0 Å². The van der Waals surface area contributed by atoms with Crippen LogP contribution in [0.1, 0.15) is 5.56 Å². The van der Waals surface area contributed by atoms with Crippen molar-refractivity contribution in [2.24, 2.45) is 0 Å². The monoisotopic (exact) mass is 233 g/mol. The first-order valence-electron chi connectivity index (χ1n) is 4.90. The van der Waals surface area contributed by atoms with Crippen molar-refractivity contribution in [2.45, 2.75) is 6.92 Å². The van der Waals surface area contributed by atoms with E-state index in [2.05, 4.69) is 10.3 Å². The minimum atomic E-state index is 0.639. The molecule has 0 amide bonds. The minimum absolute atomic E-state index is 0.639. The van der Waals surface area contributed by atoms with E-state index in [0.717, 1.165) is 17.1 Å². The highest BCUT2D eigenvalue weighted by Crippen LogP contribution is 2.25. The van der Waals surface area contributed by atoms with Crippen molar-refractivity contribution in [3.8, 4) is 0 Å². The fourth-order valence-electron chi connectivity index (χ4n) is 1.34. The molecule has 3 nitrogen and oxygen atoms in total. The summed E-state index contributed by atoms with van der Waals surface area (Å²) in [7, 11) is 0. The molecule has 2 rings (SSSR count). The van der Waals surface area contributed by atoms with Crippen LogP contribution in [-0.4, -0.2) is 4.98 Å². The summed E-state index contributed by atoms with van der Waals surface area (Å²) in [6, 6.07) is 9.42. The zero-order valence-corrected chi connectivity index (χ0v) is 9.62. The number of nitrogens with two attached hydrogens (primary N) is 1. The number of pyridine rings is 1. The molecule has 0 atom stereocenters. The second-order valence-electron chi connectivity index (χ2n) is 3.59. The van der Waals surface area contributed by atoms with E-state index in [4.69, 9.17) is 17.3 Å². The maximum atomic E-state index is 6.10. The fraction of sp³-hybridized carbons (Fsp3) is 0.0833. The lowest BCUT2D eigenvalue weighted by Crippen LogP contribution is -1.95. The van der Waals surface area contributed by atoms with Crippen LogP contribution in [-0.2, 0) is 0 Å². The van der Waals surface area contributed by atoms with Gasteiger partial charge < -0.3 is 11.1 Å². The van der Waals surface area contributed by atoms with Gasteiger partial charge in [-0.25, -0.2) is 4.98 Å². The third kappa shape index (κ3) is 2.44. The fourth-order valence-corrected chi connectivity index (χ4v) is 1.62. The minimum Gasteiger partial charge on any atom is -0.397 e. The Bertz CT molecular complexity index is 494. The second-order valence-corrected chi connectivity index (χ2v) is 3.99. The number of benzene rings is 1. The third-order valence-electron chi connectivity index (χ3n) is 2.17. The number of rotatable bonds is 2. The predicted molar refractivity (Wildman–Crippen MR) is 68.1 cm³/mol. The number of nitrogen functional groups attached to an aromatic ring is 1. The number of nitrogens with zero attached hydrogens (tertiary/aromatic N) is 1. The van der Waals surface area contributed by atoms with Gasteiger partial charge >= 0.3 is 0 Å². The first-order chi connectivity index (χ1) is 7.65. The Labute approximate surface area is 99.3 Å². The highest BCUT2D eigenvalue weighted by molar-refractivity contribution is 6.33. The number of nitrogens with one attached hydrogen (secondary N) is 1. The van der Waals surface area contributed by atoms with Crippen molar-refractivity contribution < 1.29 is 0 Å². The van der Waals surface area contributed by atoms with Gasteiger partial charge in [-0.3, -0.25) is 0 Å². The van der Waals surface area contributed by atoms with Crippen LogP contribution >= 0.6 is 11.6 Å². The van der Waals surface area contributed by atoms with E-state index >= 15 is 0 Å². The molecule has 0 saturated heterocycles. The molecule has 2 aromatic rings. The van der Waals surface area contributed by atoms with Crippen molar-refractivity contribution in [3.05, 3.63) is 47.1 Å². The summed E-state index contributed by atoms with van der Waals surface area (Å²) in [6.07, 6.45) is 1.60. The largest absolute Gasteiger partial charge is 0.397 e. The van der Waals surface area contributed by atoms with Crippen molar-refractivity contribution in [1.82, 2.24) is 4.98 Å². The van der Waals surface area contributed by atoms with Crippen LogP contribution in [0.4, 0.5) is 17.2 Å². The lowest BCUT2D eigenvalue weighted by Gasteiger charge is -2.08. The van der Waals surface area contributed by atoms with Gasteiger partial charge in [0, 0.05) is 0 Å². The molecule has 1 aromatic heterocycles. The number of aromatic nitrogens is 1. The highest BCUT2D eigenvalue weighted by atomic mass is 35.5. The summed E-state index contributed by atoms with van der Waals surface area (Å²) in [5.74, 6) is 0.722. The molecule has 0 fully saturated rings. The maximum Gasteiger partial charge on any atom is 0.130 e. The van der Waals surface area contributed by atoms with E-state index in [1.807, 2.05) is 31.2 Å². The molecule has 0 aliphatic rings. The van der Waals surface area contributed by atoms with E-state index in [0.29, 0.717) is 10.7 Å². The molecule has 0 saturated carbocycles. The van der Waals surface area contributed by atoms with Crippen molar-refractivity contribution in [1.29, 1.82) is 0 Å². The van der Waals surface area contributed by atoms with Gasteiger partial charge in [0.1, 0.15) is 5.82 Å². The average molecular weight is 234 g/mol. The molecule has 0 spiro atoms. The molecule has 3 N–H and O–H groups in total. The first-order valence-corrected chi connectivity index (χ1v) is 5.27. The van der Waals surface area contributed by atoms with Crippen molar-refractivity contribution >= 4 is 28.8 Å². The second kappa shape index (κ2) is 4.41. The van der Waals surface area contributed by atoms with Crippen LogP contribution in [0.5, 0.6) is 0 Å².